The topological polar surface area (TPSA) is 0 Å². The van der Waals surface area contributed by atoms with E-state index in [1.165, 1.54) is 247 Å². The van der Waals surface area contributed by atoms with Crippen LogP contribution in [0.3, 0.4) is 0 Å². The summed E-state index contributed by atoms with van der Waals surface area (Å²) in [6.07, 6.45) is 38.4. The van der Waals surface area contributed by atoms with Crippen LogP contribution in [0.4, 0.5) is 0 Å². The predicted octanol–water partition coefficient (Wildman–Crippen LogP) is 22.1. The fraction of sp³-hybridized carbons (Fsp3) is 0.493. The average Bonchev–Trinajstić information content (AvgIpc) is 4.01. The molecule has 0 N–H and O–H groups in total. The van der Waals surface area contributed by atoms with Gasteiger partial charge in [-0.1, -0.05) is 291 Å². The lowest BCUT2D eigenvalue weighted by molar-refractivity contribution is 0.398. The summed E-state index contributed by atoms with van der Waals surface area (Å²) in [4.78, 5) is 0. The molecule has 374 valence electrons. The predicted molar refractivity (Wildman–Crippen MR) is 310 cm³/mol. The molecule has 6 aromatic carbocycles. The minimum absolute atomic E-state index is 0.101. The number of hydrogen-bond acceptors (Lipinski definition) is 0. The maximum atomic E-state index is 2.65. The molecule has 3 aliphatic rings. The van der Waals surface area contributed by atoms with Crippen molar-refractivity contribution < 1.29 is 0 Å². The third-order valence-electron chi connectivity index (χ3n) is 17.9. The van der Waals surface area contributed by atoms with Gasteiger partial charge in [0, 0.05) is 10.8 Å². The van der Waals surface area contributed by atoms with Crippen molar-refractivity contribution in [2.45, 2.75) is 225 Å². The van der Waals surface area contributed by atoms with E-state index in [1.54, 1.807) is 22.3 Å². The molecule has 0 heteroatoms. The maximum absolute atomic E-state index is 2.65. The minimum Gasteiger partial charge on any atom is -0.0654 e. The monoisotopic (exact) mass is 943 g/mol. The highest BCUT2D eigenvalue weighted by atomic mass is 14.5. The lowest BCUT2D eigenvalue weighted by Gasteiger charge is -2.33. The summed E-state index contributed by atoms with van der Waals surface area (Å²) in [6.45, 7) is 9.34. The first kappa shape index (κ1) is 51.2. The highest BCUT2D eigenvalue weighted by Gasteiger charge is 2.44. The van der Waals surface area contributed by atoms with Gasteiger partial charge in [-0.3, -0.25) is 0 Å². The fourth-order valence-electron chi connectivity index (χ4n) is 14.0. The molecule has 0 atom stereocenters. The van der Waals surface area contributed by atoms with Crippen LogP contribution >= 0.6 is 0 Å². The Bertz CT molecular complexity index is 2440. The molecule has 0 aromatic heterocycles. The molecule has 6 aromatic rings. The normalized spacial score (nSPS) is 14.3. The second-order valence-corrected chi connectivity index (χ2v) is 22.8. The second-order valence-electron chi connectivity index (χ2n) is 22.8. The molecule has 0 amide bonds. The molecule has 0 nitrogen and oxygen atoms in total. The summed E-state index contributed by atoms with van der Waals surface area (Å²) in [5, 5.41) is 0. The highest BCUT2D eigenvalue weighted by molar-refractivity contribution is 5.88. The van der Waals surface area contributed by atoms with E-state index >= 15 is 0 Å². The maximum Gasteiger partial charge on any atom is 0.0215 e. The van der Waals surface area contributed by atoms with E-state index in [9.17, 15) is 0 Å². The molecular formula is C71H90. The Morgan fingerprint density at radius 2 is 0.549 bits per heavy atom. The molecule has 0 saturated carbocycles. The van der Waals surface area contributed by atoms with Crippen LogP contribution in [0.25, 0.3) is 55.6 Å². The summed E-state index contributed by atoms with van der Waals surface area (Å²) in [7, 11) is 0. The van der Waals surface area contributed by atoms with Crippen LogP contribution in [0.2, 0.25) is 0 Å². The first-order valence-corrected chi connectivity index (χ1v) is 29.8. The first-order chi connectivity index (χ1) is 35.0. The third kappa shape index (κ3) is 11.1. The molecule has 0 unspecified atom stereocenters. The van der Waals surface area contributed by atoms with Gasteiger partial charge in [-0.2, -0.15) is 0 Å². The van der Waals surface area contributed by atoms with E-state index in [2.05, 4.69) is 149 Å². The molecule has 0 radical (unpaired) electrons. The summed E-state index contributed by atoms with van der Waals surface area (Å²) >= 11 is 0. The van der Waals surface area contributed by atoms with Gasteiger partial charge in [0.2, 0.25) is 0 Å². The van der Waals surface area contributed by atoms with Gasteiger partial charge in [0.1, 0.15) is 0 Å². The molecule has 0 spiro atoms. The van der Waals surface area contributed by atoms with Gasteiger partial charge in [-0.15, -0.1) is 0 Å². The molecule has 9 rings (SSSR count). The Hall–Kier alpha value is -4.68. The van der Waals surface area contributed by atoms with Crippen LogP contribution in [0.1, 0.15) is 241 Å². The smallest absolute Gasteiger partial charge is 0.0215 e. The standard InChI is InChI=1S/C71H90/c1-5-9-13-17-21-29-45-70(46-30-22-18-14-10-6-2)66-35-27-25-33-62(66)64-43-39-56(52-68(64)70)54-37-41-60-58(49-54)51-59-50-55(38-42-61(59)60)57-40-44-65-63-34-26-28-36-67(63)71(69(65)53-57,47-31-23-19-15-11-7-3)48-32-24-20-16-12-8-4/h25-28,33-44,49-50,52-53H,5-24,29-32,45-48,51H2,1-4H3. The third-order valence-corrected chi connectivity index (χ3v) is 17.9. The molecular weight excluding hydrogens is 853 g/mol. The highest BCUT2D eigenvalue weighted by Crippen LogP contribution is 2.57. The SMILES string of the molecule is CCCCCCCCC1(CCCCCCCC)c2ccccc2-c2ccc(-c3ccc4c(c3)Cc3cc(-c5ccc6c(c5)C(CCCCCCCC)(CCCCCCCC)c5ccccc5-6)ccc3-4)cc21. The van der Waals surface area contributed by atoms with Crippen LogP contribution in [0, 0.1) is 0 Å². The molecule has 3 aliphatic carbocycles. The van der Waals surface area contributed by atoms with Crippen LogP contribution in [0.15, 0.2) is 121 Å². The van der Waals surface area contributed by atoms with E-state index in [1.807, 2.05) is 0 Å². The number of rotatable bonds is 30. The van der Waals surface area contributed by atoms with Gasteiger partial charge in [0.15, 0.2) is 0 Å². The van der Waals surface area contributed by atoms with Gasteiger partial charge < -0.3 is 0 Å². The lowest BCUT2D eigenvalue weighted by atomic mass is 9.70. The molecule has 0 saturated heterocycles. The Morgan fingerprint density at radius 3 is 0.901 bits per heavy atom. The van der Waals surface area contributed by atoms with E-state index in [0.717, 1.165) is 6.42 Å². The van der Waals surface area contributed by atoms with Crippen LogP contribution in [-0.4, -0.2) is 0 Å². The molecule has 0 aliphatic heterocycles. The Morgan fingerprint density at radius 1 is 0.268 bits per heavy atom. The number of hydrogen-bond donors (Lipinski definition) is 0. The van der Waals surface area contributed by atoms with Crippen molar-refractivity contribution in [2.24, 2.45) is 0 Å². The molecule has 0 bridgehead atoms. The fourth-order valence-corrected chi connectivity index (χ4v) is 14.0. The van der Waals surface area contributed by atoms with E-state index < -0.39 is 0 Å². The quantitative estimate of drug-likeness (QED) is 0.0394. The lowest BCUT2D eigenvalue weighted by Crippen LogP contribution is -2.25. The summed E-state index contributed by atoms with van der Waals surface area (Å²) in [6, 6.07) is 49.0. The van der Waals surface area contributed by atoms with Crippen LogP contribution < -0.4 is 0 Å². The first-order valence-electron chi connectivity index (χ1n) is 29.8. The van der Waals surface area contributed by atoms with E-state index in [0.29, 0.717) is 0 Å². The van der Waals surface area contributed by atoms with E-state index in [-0.39, 0.29) is 10.8 Å². The van der Waals surface area contributed by atoms with E-state index in [4.69, 9.17) is 0 Å². The van der Waals surface area contributed by atoms with Gasteiger partial charge in [0.05, 0.1) is 0 Å². The molecule has 71 heavy (non-hydrogen) atoms. The van der Waals surface area contributed by atoms with Crippen molar-refractivity contribution >= 4 is 0 Å². The largest absolute Gasteiger partial charge is 0.0654 e. The molecule has 0 fully saturated rings. The Labute approximate surface area is 432 Å². The van der Waals surface area contributed by atoms with Gasteiger partial charge in [-0.25, -0.2) is 0 Å². The number of fused-ring (bicyclic) bond motifs is 9. The zero-order valence-electron chi connectivity index (χ0n) is 45.1. The zero-order valence-corrected chi connectivity index (χ0v) is 45.1. The van der Waals surface area contributed by atoms with Crippen molar-refractivity contribution in [1.29, 1.82) is 0 Å². The summed E-state index contributed by atoms with van der Waals surface area (Å²) < 4.78 is 0. The van der Waals surface area contributed by atoms with Gasteiger partial charge in [-0.05, 0) is 133 Å². The summed E-state index contributed by atoms with van der Waals surface area (Å²) in [5.41, 5.74) is 23.9. The van der Waals surface area contributed by atoms with Crippen LogP contribution in [-0.2, 0) is 17.3 Å². The van der Waals surface area contributed by atoms with Crippen molar-refractivity contribution in [3.05, 3.63) is 155 Å². The Kier molecular flexibility index (Phi) is 17.9. The Balaban J connectivity index is 0.984. The van der Waals surface area contributed by atoms with Crippen molar-refractivity contribution in [3.63, 3.8) is 0 Å². The minimum atomic E-state index is 0.101. The number of unbranched alkanes of at least 4 members (excludes halogenated alkanes) is 20. The second kappa shape index (κ2) is 24.8. The average molecular weight is 944 g/mol. The molecule has 0 heterocycles. The van der Waals surface area contributed by atoms with Gasteiger partial charge in [0.25, 0.3) is 0 Å². The van der Waals surface area contributed by atoms with Crippen LogP contribution in [0.5, 0.6) is 0 Å². The zero-order chi connectivity index (χ0) is 48.9. The summed E-state index contributed by atoms with van der Waals surface area (Å²) in [5.74, 6) is 0. The van der Waals surface area contributed by atoms with Crippen molar-refractivity contribution in [3.8, 4) is 55.6 Å². The van der Waals surface area contributed by atoms with Crippen molar-refractivity contribution in [2.75, 3.05) is 0 Å². The van der Waals surface area contributed by atoms with Gasteiger partial charge >= 0.3 is 0 Å². The number of benzene rings is 6. The van der Waals surface area contributed by atoms with Crippen molar-refractivity contribution in [1.82, 2.24) is 0 Å².